The van der Waals surface area contributed by atoms with Crippen LogP contribution in [-0.2, 0) is 0 Å². The van der Waals surface area contributed by atoms with Crippen LogP contribution in [0.2, 0.25) is 0 Å². The van der Waals surface area contributed by atoms with E-state index in [1.807, 2.05) is 6.08 Å². The van der Waals surface area contributed by atoms with Gasteiger partial charge in [-0.05, 0) is 56.4 Å². The lowest BCUT2D eigenvalue weighted by Gasteiger charge is -1.99. The van der Waals surface area contributed by atoms with E-state index < -0.39 is 6.10 Å². The Bertz CT molecular complexity index is 482. The molecule has 2 heteroatoms. The van der Waals surface area contributed by atoms with Crippen molar-refractivity contribution < 1.29 is 10.2 Å². The zero-order chi connectivity index (χ0) is 19.8. The van der Waals surface area contributed by atoms with Gasteiger partial charge in [-0.3, -0.25) is 0 Å². The Morgan fingerprint density at radius 3 is 1.78 bits per heavy atom. The average Bonchev–Trinajstić information content (AvgIpc) is 2.67. The molecule has 0 saturated carbocycles. The molecule has 1 atom stereocenters. The number of aliphatic hydroxyl groups is 2. The second-order valence-corrected chi connectivity index (χ2v) is 6.98. The van der Waals surface area contributed by atoms with E-state index >= 15 is 0 Å². The van der Waals surface area contributed by atoms with Gasteiger partial charge in [0.05, 0.1) is 0 Å². The van der Waals surface area contributed by atoms with Gasteiger partial charge in [0.15, 0.2) is 0 Å². The summed E-state index contributed by atoms with van der Waals surface area (Å²) in [5.74, 6) is 10.0. The Hall–Kier alpha value is -1.48. The molecule has 0 spiro atoms. The molecule has 27 heavy (non-hydrogen) atoms. The van der Waals surface area contributed by atoms with Crippen LogP contribution in [0.15, 0.2) is 24.3 Å². The molecule has 0 aromatic rings. The van der Waals surface area contributed by atoms with E-state index in [4.69, 9.17) is 5.11 Å². The van der Waals surface area contributed by atoms with E-state index in [-0.39, 0.29) is 6.61 Å². The quantitative estimate of drug-likeness (QED) is 0.200. The molecule has 0 aliphatic heterocycles. The maximum absolute atomic E-state index is 9.58. The first-order valence-corrected chi connectivity index (χ1v) is 10.9. The zero-order valence-electron chi connectivity index (χ0n) is 17.4. The molecular formula is C25H40O2. The van der Waals surface area contributed by atoms with Gasteiger partial charge in [0.1, 0.15) is 12.7 Å². The molecular weight excluding hydrogens is 332 g/mol. The predicted molar refractivity (Wildman–Crippen MR) is 117 cm³/mol. The number of unbranched alkanes of at least 4 members (excludes halogenated alkanes) is 12. The molecule has 152 valence electrons. The van der Waals surface area contributed by atoms with Crippen LogP contribution in [0.4, 0.5) is 0 Å². The maximum atomic E-state index is 9.58. The van der Waals surface area contributed by atoms with Crippen molar-refractivity contribution in [3.63, 3.8) is 0 Å². The van der Waals surface area contributed by atoms with Crippen LogP contribution in [0.5, 0.6) is 0 Å². The second-order valence-electron chi connectivity index (χ2n) is 6.98. The first-order chi connectivity index (χ1) is 13.3. The second kappa shape index (κ2) is 22.6. The lowest BCUT2D eigenvalue weighted by atomic mass is 10.1. The van der Waals surface area contributed by atoms with Crippen LogP contribution in [0.1, 0.15) is 96.8 Å². The summed E-state index contributed by atoms with van der Waals surface area (Å²) in [6.07, 6.45) is 25.7. The monoisotopic (exact) mass is 372 g/mol. The van der Waals surface area contributed by atoms with E-state index in [2.05, 4.69) is 42.8 Å². The molecule has 0 radical (unpaired) electrons. The average molecular weight is 373 g/mol. The summed E-state index contributed by atoms with van der Waals surface area (Å²) >= 11 is 0. The van der Waals surface area contributed by atoms with E-state index in [1.54, 1.807) is 6.08 Å². The molecule has 2 nitrogen and oxygen atoms in total. The third kappa shape index (κ3) is 22.5. The third-order valence-electron chi connectivity index (χ3n) is 4.40. The van der Waals surface area contributed by atoms with Crippen molar-refractivity contribution in [2.45, 2.75) is 103 Å². The first kappa shape index (κ1) is 25.5. The zero-order valence-corrected chi connectivity index (χ0v) is 17.4. The maximum Gasteiger partial charge on any atom is 0.134 e. The van der Waals surface area contributed by atoms with Crippen LogP contribution in [-0.4, -0.2) is 22.9 Å². The van der Waals surface area contributed by atoms with E-state index in [1.165, 1.54) is 77.0 Å². The van der Waals surface area contributed by atoms with E-state index in [0.29, 0.717) is 0 Å². The summed E-state index contributed by atoms with van der Waals surface area (Å²) in [6, 6.07) is 0. The Kier molecular flexibility index (Phi) is 21.3. The van der Waals surface area contributed by atoms with Crippen molar-refractivity contribution in [3.05, 3.63) is 24.3 Å². The van der Waals surface area contributed by atoms with E-state index in [9.17, 15) is 5.11 Å². The molecule has 0 aromatic heterocycles. The number of rotatable bonds is 16. The highest BCUT2D eigenvalue weighted by Crippen LogP contribution is 2.10. The highest BCUT2D eigenvalue weighted by Gasteiger charge is 1.92. The summed E-state index contributed by atoms with van der Waals surface area (Å²) in [5, 5.41) is 18.1. The molecule has 0 heterocycles. The summed E-state index contributed by atoms with van der Waals surface area (Å²) < 4.78 is 0. The molecule has 0 saturated heterocycles. The van der Waals surface area contributed by atoms with Crippen molar-refractivity contribution >= 4 is 0 Å². The highest BCUT2D eigenvalue weighted by molar-refractivity contribution is 5.28. The molecule has 1 unspecified atom stereocenters. The fourth-order valence-corrected chi connectivity index (χ4v) is 2.80. The van der Waals surface area contributed by atoms with Crippen LogP contribution in [0, 0.1) is 23.7 Å². The van der Waals surface area contributed by atoms with Crippen molar-refractivity contribution in [2.75, 3.05) is 6.61 Å². The lowest BCUT2D eigenvalue weighted by Crippen LogP contribution is -1.96. The molecule has 0 aliphatic rings. The highest BCUT2D eigenvalue weighted by atomic mass is 16.3. The summed E-state index contributed by atoms with van der Waals surface area (Å²) in [7, 11) is 0. The summed E-state index contributed by atoms with van der Waals surface area (Å²) in [5.41, 5.74) is 0. The standard InChI is InChI=1S/C25H40O2/c1-2-3-4-5-6-7-8-9-10-11-12-13-14-15-16-17-19-22-25(27)23-20-18-21-24-26/h9-10,19,22,25-27H,2-8,11-17,24H2,1H3. The Morgan fingerprint density at radius 1 is 0.704 bits per heavy atom. The Balaban J connectivity index is 3.36. The summed E-state index contributed by atoms with van der Waals surface area (Å²) in [4.78, 5) is 0. The van der Waals surface area contributed by atoms with Crippen molar-refractivity contribution in [2.24, 2.45) is 0 Å². The van der Waals surface area contributed by atoms with Gasteiger partial charge in [0.2, 0.25) is 0 Å². The van der Waals surface area contributed by atoms with Crippen LogP contribution in [0.3, 0.4) is 0 Å². The van der Waals surface area contributed by atoms with Gasteiger partial charge >= 0.3 is 0 Å². The molecule has 0 amide bonds. The van der Waals surface area contributed by atoms with Crippen LogP contribution >= 0.6 is 0 Å². The minimum absolute atomic E-state index is 0.198. The number of hydrogen-bond donors (Lipinski definition) is 2. The van der Waals surface area contributed by atoms with Gasteiger partial charge in [0, 0.05) is 0 Å². The number of hydrogen-bond acceptors (Lipinski definition) is 2. The topological polar surface area (TPSA) is 40.5 Å². The molecule has 0 fully saturated rings. The van der Waals surface area contributed by atoms with Crippen LogP contribution < -0.4 is 0 Å². The number of aliphatic hydroxyl groups excluding tert-OH is 2. The predicted octanol–water partition coefficient (Wildman–Crippen LogP) is 5.94. The lowest BCUT2D eigenvalue weighted by molar-refractivity contribution is 0.280. The molecule has 0 aromatic carbocycles. The summed E-state index contributed by atoms with van der Waals surface area (Å²) in [6.45, 7) is 2.07. The largest absolute Gasteiger partial charge is 0.384 e. The third-order valence-corrected chi connectivity index (χ3v) is 4.40. The van der Waals surface area contributed by atoms with Gasteiger partial charge in [-0.15, -0.1) is 0 Å². The van der Waals surface area contributed by atoms with Gasteiger partial charge in [-0.25, -0.2) is 0 Å². The van der Waals surface area contributed by atoms with Crippen molar-refractivity contribution in [3.8, 4) is 23.7 Å². The van der Waals surface area contributed by atoms with E-state index in [0.717, 1.165) is 12.8 Å². The normalized spacial score (nSPS) is 12.0. The van der Waals surface area contributed by atoms with Crippen molar-refractivity contribution in [1.29, 1.82) is 0 Å². The smallest absolute Gasteiger partial charge is 0.134 e. The Morgan fingerprint density at radius 2 is 1.22 bits per heavy atom. The van der Waals surface area contributed by atoms with Crippen LogP contribution in [0.25, 0.3) is 0 Å². The first-order valence-electron chi connectivity index (χ1n) is 10.9. The fourth-order valence-electron chi connectivity index (χ4n) is 2.80. The van der Waals surface area contributed by atoms with Crippen molar-refractivity contribution in [1.82, 2.24) is 0 Å². The Labute approximate surface area is 168 Å². The van der Waals surface area contributed by atoms with Gasteiger partial charge in [0.25, 0.3) is 0 Å². The van der Waals surface area contributed by atoms with Gasteiger partial charge in [-0.1, -0.05) is 88.4 Å². The minimum atomic E-state index is -0.763. The minimum Gasteiger partial charge on any atom is -0.384 e. The molecule has 2 N–H and O–H groups in total. The van der Waals surface area contributed by atoms with Gasteiger partial charge < -0.3 is 10.2 Å². The molecule has 0 rings (SSSR count). The fraction of sp³-hybridized carbons (Fsp3) is 0.680. The number of allylic oxidation sites excluding steroid dienone is 3. The van der Waals surface area contributed by atoms with Gasteiger partial charge in [-0.2, -0.15) is 0 Å². The molecule has 0 bridgehead atoms. The SMILES string of the molecule is CCCCCCCCC=CCCCCCCCC=CC(O)C#CC#CCO. The molecule has 0 aliphatic carbocycles.